The summed E-state index contributed by atoms with van der Waals surface area (Å²) in [5, 5.41) is 6.85. The normalized spacial score (nSPS) is 11.3. The molecule has 3 aromatic carbocycles. The van der Waals surface area contributed by atoms with Gasteiger partial charge < -0.3 is 14.8 Å². The van der Waals surface area contributed by atoms with Gasteiger partial charge in [0, 0.05) is 23.6 Å². The van der Waals surface area contributed by atoms with Crippen molar-refractivity contribution in [3.8, 4) is 11.5 Å². The van der Waals surface area contributed by atoms with Crippen LogP contribution >= 0.6 is 27.5 Å². The Hall–Kier alpha value is -3.57. The molecular formula is C26H22BrClF3N3O4. The van der Waals surface area contributed by atoms with Crippen molar-refractivity contribution < 1.29 is 32.2 Å². The Morgan fingerprint density at radius 1 is 1.05 bits per heavy atom. The maximum Gasteiger partial charge on any atom is 0.416 e. The van der Waals surface area contributed by atoms with Gasteiger partial charge in [-0.15, -0.1) is 0 Å². The second-order valence-electron chi connectivity index (χ2n) is 7.87. The SMILES string of the molecule is COc1cc(C=NNC(=O)CCC(=O)Nc2cccc(C(F)(F)F)c2)cc(Br)c1OCc1ccc(Cl)cc1. The third-order valence-corrected chi connectivity index (χ3v) is 5.84. The molecule has 0 spiro atoms. The van der Waals surface area contributed by atoms with Crippen molar-refractivity contribution in [2.75, 3.05) is 12.4 Å². The lowest BCUT2D eigenvalue weighted by molar-refractivity contribution is -0.137. The van der Waals surface area contributed by atoms with Gasteiger partial charge in [0.15, 0.2) is 11.5 Å². The number of hydrazone groups is 1. The van der Waals surface area contributed by atoms with Crippen LogP contribution in [0.15, 0.2) is 70.2 Å². The average molecular weight is 613 g/mol. The number of carbonyl (C=O) groups is 2. The molecule has 0 heterocycles. The highest BCUT2D eigenvalue weighted by molar-refractivity contribution is 9.10. The Bertz CT molecular complexity index is 1320. The molecule has 0 aliphatic rings. The first-order chi connectivity index (χ1) is 18.0. The summed E-state index contributed by atoms with van der Waals surface area (Å²) in [5.74, 6) is -0.233. The zero-order valence-electron chi connectivity index (χ0n) is 19.9. The first-order valence-electron chi connectivity index (χ1n) is 11.1. The van der Waals surface area contributed by atoms with E-state index in [-0.39, 0.29) is 25.1 Å². The molecule has 0 atom stereocenters. The summed E-state index contributed by atoms with van der Waals surface area (Å²) >= 11 is 9.35. The molecule has 12 heteroatoms. The van der Waals surface area contributed by atoms with E-state index in [0.29, 0.717) is 26.6 Å². The van der Waals surface area contributed by atoms with E-state index in [1.165, 1.54) is 25.5 Å². The van der Waals surface area contributed by atoms with Crippen molar-refractivity contribution >= 4 is 51.2 Å². The minimum Gasteiger partial charge on any atom is -0.493 e. The summed E-state index contributed by atoms with van der Waals surface area (Å²) in [6, 6.07) is 14.9. The average Bonchev–Trinajstić information content (AvgIpc) is 2.87. The first-order valence-corrected chi connectivity index (χ1v) is 12.3. The van der Waals surface area contributed by atoms with E-state index in [4.69, 9.17) is 21.1 Å². The van der Waals surface area contributed by atoms with E-state index in [1.54, 1.807) is 24.3 Å². The van der Waals surface area contributed by atoms with Gasteiger partial charge in [0.05, 0.1) is 23.4 Å². The molecule has 38 heavy (non-hydrogen) atoms. The lowest BCUT2D eigenvalue weighted by atomic mass is 10.2. The summed E-state index contributed by atoms with van der Waals surface area (Å²) in [7, 11) is 1.49. The lowest BCUT2D eigenvalue weighted by Crippen LogP contribution is -2.20. The molecule has 0 unspecified atom stereocenters. The van der Waals surface area contributed by atoms with Crippen LogP contribution in [0, 0.1) is 0 Å². The molecule has 0 aromatic heterocycles. The van der Waals surface area contributed by atoms with Crippen LogP contribution in [0.2, 0.25) is 5.02 Å². The lowest BCUT2D eigenvalue weighted by Gasteiger charge is -2.13. The zero-order chi connectivity index (χ0) is 27.7. The maximum atomic E-state index is 12.8. The van der Waals surface area contributed by atoms with Crippen LogP contribution in [0.4, 0.5) is 18.9 Å². The van der Waals surface area contributed by atoms with Gasteiger partial charge >= 0.3 is 6.18 Å². The van der Waals surface area contributed by atoms with Crippen LogP contribution in [-0.4, -0.2) is 25.1 Å². The molecule has 7 nitrogen and oxygen atoms in total. The Morgan fingerprint density at radius 3 is 2.45 bits per heavy atom. The molecule has 3 rings (SSSR count). The fourth-order valence-electron chi connectivity index (χ4n) is 3.15. The van der Waals surface area contributed by atoms with E-state index in [0.717, 1.165) is 17.7 Å². The van der Waals surface area contributed by atoms with E-state index in [1.807, 2.05) is 12.1 Å². The fraction of sp³-hybridized carbons (Fsp3) is 0.192. The number of rotatable bonds is 10. The summed E-state index contributed by atoms with van der Waals surface area (Å²) in [6.45, 7) is 0.289. The van der Waals surface area contributed by atoms with Crippen LogP contribution in [0.1, 0.15) is 29.5 Å². The molecule has 0 aliphatic carbocycles. The van der Waals surface area contributed by atoms with Gasteiger partial charge in [-0.2, -0.15) is 18.3 Å². The highest BCUT2D eigenvalue weighted by Gasteiger charge is 2.30. The standard InChI is InChI=1S/C26H22BrClF3N3O4/c1-37-22-12-17(11-21(27)25(22)38-15-16-5-7-19(28)8-6-16)14-32-34-24(36)10-9-23(35)33-20-4-2-3-18(13-20)26(29,30)31/h2-8,11-14H,9-10,15H2,1H3,(H,33,35)(H,34,36). The van der Waals surface area contributed by atoms with Crippen molar-refractivity contribution in [3.05, 3.63) is 86.8 Å². The van der Waals surface area contributed by atoms with Gasteiger partial charge in [-0.3, -0.25) is 9.59 Å². The second-order valence-corrected chi connectivity index (χ2v) is 9.16. The molecule has 0 fully saturated rings. The summed E-state index contributed by atoms with van der Waals surface area (Å²) in [4.78, 5) is 24.1. The molecular weight excluding hydrogens is 591 g/mol. The van der Waals surface area contributed by atoms with E-state index < -0.39 is 23.6 Å². The largest absolute Gasteiger partial charge is 0.493 e. The first kappa shape index (κ1) is 29.0. The van der Waals surface area contributed by atoms with Crippen LogP contribution in [0.5, 0.6) is 11.5 Å². The van der Waals surface area contributed by atoms with Gasteiger partial charge in [0.25, 0.3) is 0 Å². The number of nitrogens with one attached hydrogen (secondary N) is 2. The number of benzene rings is 3. The van der Waals surface area contributed by atoms with Crippen molar-refractivity contribution in [2.24, 2.45) is 5.10 Å². The minimum absolute atomic E-state index is 0.0108. The van der Waals surface area contributed by atoms with Crippen molar-refractivity contribution in [3.63, 3.8) is 0 Å². The molecule has 0 saturated heterocycles. The zero-order valence-corrected chi connectivity index (χ0v) is 22.3. The van der Waals surface area contributed by atoms with Gasteiger partial charge in [-0.25, -0.2) is 5.43 Å². The van der Waals surface area contributed by atoms with Crippen LogP contribution < -0.4 is 20.2 Å². The number of anilines is 1. The number of nitrogens with zero attached hydrogens (tertiary/aromatic N) is 1. The number of hydrogen-bond acceptors (Lipinski definition) is 5. The Kier molecular flexibility index (Phi) is 10.1. The molecule has 2 N–H and O–H groups in total. The molecule has 200 valence electrons. The highest BCUT2D eigenvalue weighted by Crippen LogP contribution is 2.37. The number of carbonyl (C=O) groups excluding carboxylic acids is 2. The Balaban J connectivity index is 1.51. The van der Waals surface area contributed by atoms with Gasteiger partial charge in [-0.05, 0) is 69.5 Å². The van der Waals surface area contributed by atoms with E-state index in [2.05, 4.69) is 31.8 Å². The number of methoxy groups -OCH3 is 1. The van der Waals surface area contributed by atoms with Crippen molar-refractivity contribution in [1.82, 2.24) is 5.43 Å². The number of ether oxygens (including phenoxy) is 2. The number of amides is 2. The number of alkyl halides is 3. The summed E-state index contributed by atoms with van der Waals surface area (Å²) in [5.41, 5.74) is 2.92. The number of hydrogen-bond donors (Lipinski definition) is 2. The molecule has 0 saturated carbocycles. The molecule has 0 bridgehead atoms. The van der Waals surface area contributed by atoms with E-state index >= 15 is 0 Å². The fourth-order valence-corrected chi connectivity index (χ4v) is 3.85. The highest BCUT2D eigenvalue weighted by atomic mass is 79.9. The van der Waals surface area contributed by atoms with Crippen molar-refractivity contribution in [1.29, 1.82) is 0 Å². The molecule has 0 radical (unpaired) electrons. The molecule has 3 aromatic rings. The second kappa shape index (κ2) is 13.3. The predicted octanol–water partition coefficient (Wildman–Crippen LogP) is 6.58. The molecule has 2 amide bonds. The smallest absolute Gasteiger partial charge is 0.416 e. The minimum atomic E-state index is -4.52. The van der Waals surface area contributed by atoms with E-state index in [9.17, 15) is 22.8 Å². The third kappa shape index (κ3) is 8.77. The maximum absolute atomic E-state index is 12.8. The van der Waals surface area contributed by atoms with Crippen molar-refractivity contribution in [2.45, 2.75) is 25.6 Å². The summed E-state index contributed by atoms with van der Waals surface area (Å²) in [6.07, 6.45) is -3.59. The van der Waals surface area contributed by atoms with Crippen LogP contribution in [-0.2, 0) is 22.4 Å². The molecule has 0 aliphatic heterocycles. The van der Waals surface area contributed by atoms with Gasteiger partial charge in [0.2, 0.25) is 11.8 Å². The van der Waals surface area contributed by atoms with Crippen LogP contribution in [0.3, 0.4) is 0 Å². The quantitative estimate of drug-likeness (QED) is 0.200. The van der Waals surface area contributed by atoms with Gasteiger partial charge in [-0.1, -0.05) is 29.8 Å². The Morgan fingerprint density at radius 2 is 1.76 bits per heavy atom. The Labute approximate surface area is 230 Å². The van der Waals surface area contributed by atoms with Crippen LogP contribution in [0.25, 0.3) is 0 Å². The monoisotopic (exact) mass is 611 g/mol. The predicted molar refractivity (Wildman–Crippen MR) is 142 cm³/mol. The third-order valence-electron chi connectivity index (χ3n) is 5.00. The summed E-state index contributed by atoms with van der Waals surface area (Å²) < 4.78 is 50.3. The number of halogens is 5. The topological polar surface area (TPSA) is 89.0 Å². The van der Waals surface area contributed by atoms with Gasteiger partial charge in [0.1, 0.15) is 6.61 Å².